The van der Waals surface area contributed by atoms with Gasteiger partial charge in [-0.2, -0.15) is 0 Å². The van der Waals surface area contributed by atoms with Gasteiger partial charge in [-0.25, -0.2) is 0 Å². The summed E-state index contributed by atoms with van der Waals surface area (Å²) in [6.45, 7) is 2.65. The Morgan fingerprint density at radius 2 is 2.04 bits per heavy atom. The molecule has 0 aliphatic carbocycles. The molecule has 0 fully saturated rings. The second kappa shape index (κ2) is 9.50. The molecule has 136 valence electrons. The van der Waals surface area contributed by atoms with Crippen molar-refractivity contribution in [2.24, 2.45) is 4.99 Å². The Morgan fingerprint density at radius 3 is 2.76 bits per heavy atom. The Balaban J connectivity index is 0.00000225. The van der Waals surface area contributed by atoms with E-state index in [1.165, 1.54) is 0 Å². The van der Waals surface area contributed by atoms with Crippen LogP contribution in [0, 0.1) is 0 Å². The Morgan fingerprint density at radius 1 is 1.24 bits per heavy atom. The molecular formula is C17H23IN4O3. The highest BCUT2D eigenvalue weighted by Crippen LogP contribution is 2.30. The van der Waals surface area contributed by atoms with Gasteiger partial charge in [0.2, 0.25) is 0 Å². The lowest BCUT2D eigenvalue weighted by Crippen LogP contribution is -2.38. The van der Waals surface area contributed by atoms with E-state index in [9.17, 15) is 0 Å². The molecule has 8 heteroatoms. The van der Waals surface area contributed by atoms with Crippen molar-refractivity contribution < 1.29 is 14.0 Å². The monoisotopic (exact) mass is 458 g/mol. The second-order valence-corrected chi connectivity index (χ2v) is 5.58. The summed E-state index contributed by atoms with van der Waals surface area (Å²) < 4.78 is 16.2. The van der Waals surface area contributed by atoms with E-state index in [0.29, 0.717) is 26.3 Å². The summed E-state index contributed by atoms with van der Waals surface area (Å²) in [6, 6.07) is 7.84. The summed E-state index contributed by atoms with van der Waals surface area (Å²) in [5, 5.41) is 7.26. The van der Waals surface area contributed by atoms with E-state index in [4.69, 9.17) is 14.0 Å². The number of nitrogens with zero attached hydrogens (tertiary/aromatic N) is 3. The van der Waals surface area contributed by atoms with Gasteiger partial charge in [0.1, 0.15) is 12.0 Å². The minimum atomic E-state index is 0. The highest BCUT2D eigenvalue weighted by atomic mass is 127. The number of guanidine groups is 1. The summed E-state index contributed by atoms with van der Waals surface area (Å²) in [5.74, 6) is 2.40. The zero-order chi connectivity index (χ0) is 16.8. The third-order valence-electron chi connectivity index (χ3n) is 3.73. The standard InChI is InChI=1S/C17H22N4O3.HI/c1-18-17(21(2)12-14-6-9-24-20-14)19-11-13-4-5-15-16(10-13)23-8-3-7-22-15;/h4-6,9-10H,3,7-8,11-12H2,1-2H3,(H,18,19);1H. The molecule has 1 aromatic carbocycles. The lowest BCUT2D eigenvalue weighted by molar-refractivity contribution is 0.297. The van der Waals surface area contributed by atoms with Crippen LogP contribution in [0.4, 0.5) is 0 Å². The average Bonchev–Trinajstić information content (AvgIpc) is 2.98. The number of hydrogen-bond acceptors (Lipinski definition) is 5. The topological polar surface area (TPSA) is 72.1 Å². The quantitative estimate of drug-likeness (QED) is 0.432. The molecule has 2 aromatic rings. The Bertz CT molecular complexity index is 691. The molecule has 0 atom stereocenters. The number of ether oxygens (including phenoxy) is 2. The number of benzene rings is 1. The number of nitrogens with one attached hydrogen (secondary N) is 1. The van der Waals surface area contributed by atoms with E-state index in [-0.39, 0.29) is 24.0 Å². The first kappa shape index (κ1) is 19.4. The molecule has 0 spiro atoms. The molecule has 0 saturated carbocycles. The van der Waals surface area contributed by atoms with Gasteiger partial charge in [0.05, 0.1) is 19.8 Å². The number of halogens is 1. The molecule has 0 saturated heterocycles. The summed E-state index contributed by atoms with van der Waals surface area (Å²) in [7, 11) is 3.72. The molecule has 7 nitrogen and oxygen atoms in total. The van der Waals surface area contributed by atoms with Crippen molar-refractivity contribution in [3.8, 4) is 11.5 Å². The van der Waals surface area contributed by atoms with Crippen molar-refractivity contribution in [1.82, 2.24) is 15.4 Å². The van der Waals surface area contributed by atoms with Crippen molar-refractivity contribution in [2.75, 3.05) is 27.3 Å². The first-order chi connectivity index (χ1) is 11.8. The smallest absolute Gasteiger partial charge is 0.194 e. The predicted octanol–water partition coefficient (Wildman–Crippen LogP) is 2.66. The van der Waals surface area contributed by atoms with E-state index >= 15 is 0 Å². The number of aliphatic imine (C=N–C) groups is 1. The Labute approximate surface area is 164 Å². The van der Waals surface area contributed by atoms with Crippen LogP contribution in [0.2, 0.25) is 0 Å². The highest BCUT2D eigenvalue weighted by Gasteiger charge is 2.12. The molecule has 25 heavy (non-hydrogen) atoms. The number of aromatic nitrogens is 1. The molecule has 1 aliphatic rings. The van der Waals surface area contributed by atoms with Gasteiger partial charge in [0.25, 0.3) is 0 Å². The van der Waals surface area contributed by atoms with E-state index in [0.717, 1.165) is 35.1 Å². The fourth-order valence-electron chi connectivity index (χ4n) is 2.52. The van der Waals surface area contributed by atoms with Gasteiger partial charge in [0.15, 0.2) is 17.5 Å². The molecular weight excluding hydrogens is 435 g/mol. The predicted molar refractivity (Wildman–Crippen MR) is 106 cm³/mol. The zero-order valence-electron chi connectivity index (χ0n) is 14.4. The van der Waals surface area contributed by atoms with Crippen LogP contribution >= 0.6 is 24.0 Å². The molecule has 1 N–H and O–H groups in total. The lowest BCUT2D eigenvalue weighted by Gasteiger charge is -2.21. The van der Waals surface area contributed by atoms with Gasteiger partial charge < -0.3 is 24.2 Å². The van der Waals surface area contributed by atoms with Gasteiger partial charge >= 0.3 is 0 Å². The van der Waals surface area contributed by atoms with Gasteiger partial charge in [0, 0.05) is 33.1 Å². The van der Waals surface area contributed by atoms with Crippen molar-refractivity contribution in [3.05, 3.63) is 41.8 Å². The molecule has 0 radical (unpaired) electrons. The van der Waals surface area contributed by atoms with Crippen LogP contribution in [0.3, 0.4) is 0 Å². The van der Waals surface area contributed by atoms with Gasteiger partial charge in [-0.15, -0.1) is 24.0 Å². The van der Waals surface area contributed by atoms with Crippen LogP contribution in [0.15, 0.2) is 40.0 Å². The maximum atomic E-state index is 5.73. The van der Waals surface area contributed by atoms with E-state index in [2.05, 4.69) is 15.5 Å². The van der Waals surface area contributed by atoms with Gasteiger partial charge in [-0.3, -0.25) is 4.99 Å². The van der Waals surface area contributed by atoms with Crippen LogP contribution in [0.25, 0.3) is 0 Å². The van der Waals surface area contributed by atoms with Crippen LogP contribution in [-0.2, 0) is 13.1 Å². The minimum absolute atomic E-state index is 0. The Hall–Kier alpha value is -1.97. The molecule has 2 heterocycles. The fourth-order valence-corrected chi connectivity index (χ4v) is 2.52. The summed E-state index contributed by atoms with van der Waals surface area (Å²) >= 11 is 0. The first-order valence-electron chi connectivity index (χ1n) is 7.96. The van der Waals surface area contributed by atoms with E-state index in [1.807, 2.05) is 36.2 Å². The van der Waals surface area contributed by atoms with Crippen molar-refractivity contribution in [3.63, 3.8) is 0 Å². The van der Waals surface area contributed by atoms with Gasteiger partial charge in [-0.05, 0) is 17.7 Å². The molecule has 0 amide bonds. The minimum Gasteiger partial charge on any atom is -0.490 e. The van der Waals surface area contributed by atoms with Crippen LogP contribution < -0.4 is 14.8 Å². The summed E-state index contributed by atoms with van der Waals surface area (Å²) in [4.78, 5) is 6.29. The van der Waals surface area contributed by atoms with Crippen LogP contribution in [0.1, 0.15) is 17.7 Å². The molecule has 1 aliphatic heterocycles. The molecule has 3 rings (SSSR count). The van der Waals surface area contributed by atoms with Crippen molar-refractivity contribution >= 4 is 29.9 Å². The molecule has 1 aromatic heterocycles. The lowest BCUT2D eigenvalue weighted by atomic mass is 10.2. The second-order valence-electron chi connectivity index (χ2n) is 5.58. The SMILES string of the molecule is CN=C(NCc1ccc2c(c1)OCCCO2)N(C)Cc1ccon1.I. The number of rotatable bonds is 4. The number of fused-ring (bicyclic) bond motifs is 1. The van der Waals surface area contributed by atoms with Crippen molar-refractivity contribution in [1.29, 1.82) is 0 Å². The number of hydrogen-bond donors (Lipinski definition) is 1. The fraction of sp³-hybridized carbons (Fsp3) is 0.412. The third-order valence-corrected chi connectivity index (χ3v) is 3.73. The third kappa shape index (κ3) is 5.25. The summed E-state index contributed by atoms with van der Waals surface area (Å²) in [5.41, 5.74) is 1.96. The van der Waals surface area contributed by atoms with Crippen LogP contribution in [0.5, 0.6) is 11.5 Å². The van der Waals surface area contributed by atoms with E-state index < -0.39 is 0 Å². The average molecular weight is 458 g/mol. The normalized spacial score (nSPS) is 13.6. The van der Waals surface area contributed by atoms with E-state index in [1.54, 1.807) is 13.3 Å². The highest BCUT2D eigenvalue weighted by molar-refractivity contribution is 14.0. The molecule has 0 unspecified atom stereocenters. The van der Waals surface area contributed by atoms with Crippen LogP contribution in [-0.4, -0.2) is 43.3 Å². The largest absolute Gasteiger partial charge is 0.490 e. The first-order valence-corrected chi connectivity index (χ1v) is 7.96. The maximum absolute atomic E-state index is 5.73. The molecule has 0 bridgehead atoms. The van der Waals surface area contributed by atoms with Gasteiger partial charge in [-0.1, -0.05) is 11.2 Å². The summed E-state index contributed by atoms with van der Waals surface area (Å²) in [6.07, 6.45) is 2.47. The zero-order valence-corrected chi connectivity index (χ0v) is 16.7. The maximum Gasteiger partial charge on any atom is 0.194 e. The Kier molecular flexibility index (Phi) is 7.35. The van der Waals surface area contributed by atoms with Crippen molar-refractivity contribution in [2.45, 2.75) is 19.5 Å².